The summed E-state index contributed by atoms with van der Waals surface area (Å²) in [4.78, 5) is 15.8. The van der Waals surface area contributed by atoms with Crippen molar-refractivity contribution in [1.82, 2.24) is 10.4 Å². The largest absolute Gasteiger partial charge is 0.483 e. The molecule has 3 rings (SSSR count). The SMILES string of the molecule is O=C(COc1ccccc1/C=C/c1ccccc1)N/N=C/c1ccncc1. The molecule has 0 saturated carbocycles. The van der Waals surface area contributed by atoms with Crippen LogP contribution < -0.4 is 10.2 Å². The highest BCUT2D eigenvalue weighted by Gasteiger charge is 2.04. The summed E-state index contributed by atoms with van der Waals surface area (Å²) in [6.07, 6.45) is 8.83. The molecule has 0 bridgehead atoms. The van der Waals surface area contributed by atoms with Gasteiger partial charge in [0.25, 0.3) is 5.91 Å². The lowest BCUT2D eigenvalue weighted by Gasteiger charge is -2.08. The van der Waals surface area contributed by atoms with Crippen molar-refractivity contribution >= 4 is 24.3 Å². The fourth-order valence-electron chi connectivity index (χ4n) is 2.30. The van der Waals surface area contributed by atoms with Gasteiger partial charge in [0.05, 0.1) is 6.21 Å². The summed E-state index contributed by atoms with van der Waals surface area (Å²) in [6, 6.07) is 21.1. The number of hydrogen-bond donors (Lipinski definition) is 1. The zero-order valence-corrected chi connectivity index (χ0v) is 14.7. The molecule has 0 radical (unpaired) electrons. The zero-order valence-electron chi connectivity index (χ0n) is 14.7. The third-order valence-corrected chi connectivity index (χ3v) is 3.64. The molecular formula is C22H19N3O2. The normalized spacial score (nSPS) is 11.0. The molecule has 0 saturated heterocycles. The van der Waals surface area contributed by atoms with E-state index >= 15 is 0 Å². The number of pyridine rings is 1. The molecule has 0 aliphatic rings. The summed E-state index contributed by atoms with van der Waals surface area (Å²) in [5, 5.41) is 3.91. The van der Waals surface area contributed by atoms with Gasteiger partial charge in [-0.05, 0) is 29.3 Å². The smallest absolute Gasteiger partial charge is 0.277 e. The van der Waals surface area contributed by atoms with Crippen molar-refractivity contribution in [2.45, 2.75) is 0 Å². The highest BCUT2D eigenvalue weighted by atomic mass is 16.5. The number of para-hydroxylation sites is 1. The van der Waals surface area contributed by atoms with Gasteiger partial charge in [-0.25, -0.2) is 5.43 Å². The van der Waals surface area contributed by atoms with Gasteiger partial charge >= 0.3 is 0 Å². The van der Waals surface area contributed by atoms with Gasteiger partial charge in [0.2, 0.25) is 0 Å². The minimum Gasteiger partial charge on any atom is -0.483 e. The first-order valence-electron chi connectivity index (χ1n) is 8.48. The van der Waals surface area contributed by atoms with Crippen molar-refractivity contribution in [2.24, 2.45) is 5.10 Å². The maximum atomic E-state index is 11.9. The van der Waals surface area contributed by atoms with Gasteiger partial charge in [0.1, 0.15) is 5.75 Å². The first kappa shape index (κ1) is 18.1. The lowest BCUT2D eigenvalue weighted by molar-refractivity contribution is -0.123. The molecule has 27 heavy (non-hydrogen) atoms. The lowest BCUT2D eigenvalue weighted by atomic mass is 10.1. The number of nitrogens with one attached hydrogen (secondary N) is 1. The van der Waals surface area contributed by atoms with E-state index in [4.69, 9.17) is 4.74 Å². The fourth-order valence-corrected chi connectivity index (χ4v) is 2.30. The van der Waals surface area contributed by atoms with Crippen molar-refractivity contribution in [3.8, 4) is 5.75 Å². The van der Waals surface area contributed by atoms with Crippen molar-refractivity contribution in [2.75, 3.05) is 6.61 Å². The summed E-state index contributed by atoms with van der Waals surface area (Å²) in [5.41, 5.74) is 5.29. The summed E-state index contributed by atoms with van der Waals surface area (Å²) < 4.78 is 5.64. The van der Waals surface area contributed by atoms with Crippen LogP contribution in [0.15, 0.2) is 84.2 Å². The monoisotopic (exact) mass is 357 g/mol. The first-order valence-corrected chi connectivity index (χ1v) is 8.48. The fraction of sp³-hybridized carbons (Fsp3) is 0.0455. The number of ether oxygens (including phenoxy) is 1. The third kappa shape index (κ3) is 5.93. The van der Waals surface area contributed by atoms with Crippen LogP contribution in [0.4, 0.5) is 0 Å². The Morgan fingerprint density at radius 3 is 2.48 bits per heavy atom. The average Bonchev–Trinajstić information content (AvgIpc) is 2.73. The second kappa shape index (κ2) is 9.68. The average molecular weight is 357 g/mol. The second-order valence-electron chi connectivity index (χ2n) is 5.64. The minimum atomic E-state index is -0.331. The summed E-state index contributed by atoms with van der Waals surface area (Å²) in [6.45, 7) is -0.121. The Kier molecular flexibility index (Phi) is 6.48. The van der Waals surface area contributed by atoms with Crippen LogP contribution in [0.5, 0.6) is 5.75 Å². The number of aromatic nitrogens is 1. The topological polar surface area (TPSA) is 63.6 Å². The number of rotatable bonds is 7. The molecule has 1 heterocycles. The molecule has 1 N–H and O–H groups in total. The molecule has 5 nitrogen and oxygen atoms in total. The maximum Gasteiger partial charge on any atom is 0.277 e. The van der Waals surface area contributed by atoms with Crippen molar-refractivity contribution in [1.29, 1.82) is 0 Å². The number of hydrogen-bond acceptors (Lipinski definition) is 4. The molecule has 2 aromatic carbocycles. The van der Waals surface area contributed by atoms with Crippen LogP contribution >= 0.6 is 0 Å². The van der Waals surface area contributed by atoms with E-state index in [-0.39, 0.29) is 12.5 Å². The molecule has 1 amide bonds. The predicted molar refractivity (Wildman–Crippen MR) is 107 cm³/mol. The summed E-state index contributed by atoms with van der Waals surface area (Å²) in [7, 11) is 0. The molecule has 5 heteroatoms. The molecule has 0 spiro atoms. The Labute approximate surface area is 158 Å². The lowest BCUT2D eigenvalue weighted by Crippen LogP contribution is -2.24. The van der Waals surface area contributed by atoms with Crippen LogP contribution in [0, 0.1) is 0 Å². The van der Waals surface area contributed by atoms with Crippen LogP contribution in [0.1, 0.15) is 16.7 Å². The second-order valence-corrected chi connectivity index (χ2v) is 5.64. The molecule has 3 aromatic rings. The van der Waals surface area contributed by atoms with Gasteiger partial charge in [0, 0.05) is 18.0 Å². The number of carbonyl (C=O) groups excluding carboxylic acids is 1. The number of amides is 1. The van der Waals surface area contributed by atoms with E-state index in [1.165, 1.54) is 0 Å². The summed E-state index contributed by atoms with van der Waals surface area (Å²) >= 11 is 0. The van der Waals surface area contributed by atoms with E-state index in [1.54, 1.807) is 30.7 Å². The Hall–Kier alpha value is -3.73. The quantitative estimate of drug-likeness (QED) is 0.398. The predicted octanol–water partition coefficient (Wildman–Crippen LogP) is 3.78. The summed E-state index contributed by atoms with van der Waals surface area (Å²) in [5.74, 6) is 0.306. The number of benzene rings is 2. The van der Waals surface area contributed by atoms with E-state index in [2.05, 4.69) is 15.5 Å². The standard InChI is InChI=1S/C22H19N3O2/c26-22(25-24-16-19-12-14-23-15-13-19)17-27-21-9-5-4-8-20(21)11-10-18-6-2-1-3-7-18/h1-16H,17H2,(H,25,26)/b11-10+,24-16+. The van der Waals surface area contributed by atoms with Gasteiger partial charge in [-0.1, -0.05) is 60.7 Å². The number of nitrogens with zero attached hydrogens (tertiary/aromatic N) is 2. The van der Waals surface area contributed by atoms with E-state index < -0.39 is 0 Å². The van der Waals surface area contributed by atoms with E-state index in [0.717, 1.165) is 16.7 Å². The van der Waals surface area contributed by atoms with Crippen molar-refractivity contribution in [3.63, 3.8) is 0 Å². The minimum absolute atomic E-state index is 0.121. The van der Waals surface area contributed by atoms with Gasteiger partial charge < -0.3 is 4.74 Å². The highest BCUT2D eigenvalue weighted by molar-refractivity contribution is 5.82. The third-order valence-electron chi connectivity index (χ3n) is 3.64. The molecule has 0 fully saturated rings. The molecular weight excluding hydrogens is 338 g/mol. The Balaban J connectivity index is 1.55. The molecule has 0 atom stereocenters. The number of carbonyl (C=O) groups is 1. The van der Waals surface area contributed by atoms with E-state index in [9.17, 15) is 4.79 Å². The molecule has 0 aliphatic heterocycles. The molecule has 0 unspecified atom stereocenters. The molecule has 1 aromatic heterocycles. The zero-order chi connectivity index (χ0) is 18.7. The Morgan fingerprint density at radius 2 is 1.67 bits per heavy atom. The van der Waals surface area contributed by atoms with Crippen LogP contribution in [-0.4, -0.2) is 23.7 Å². The van der Waals surface area contributed by atoms with Gasteiger partial charge in [-0.15, -0.1) is 0 Å². The Bertz CT molecular complexity index is 923. The molecule has 134 valence electrons. The number of hydrazone groups is 1. The van der Waals surface area contributed by atoms with Crippen LogP contribution in [0.25, 0.3) is 12.2 Å². The highest BCUT2D eigenvalue weighted by Crippen LogP contribution is 2.20. The van der Waals surface area contributed by atoms with Crippen molar-refractivity contribution in [3.05, 3.63) is 95.8 Å². The Morgan fingerprint density at radius 1 is 0.926 bits per heavy atom. The van der Waals surface area contributed by atoms with Gasteiger partial charge in [-0.3, -0.25) is 9.78 Å². The molecule has 0 aliphatic carbocycles. The van der Waals surface area contributed by atoms with Crippen molar-refractivity contribution < 1.29 is 9.53 Å². The van der Waals surface area contributed by atoms with Gasteiger partial charge in [0.15, 0.2) is 6.61 Å². The first-order chi connectivity index (χ1) is 13.3. The maximum absolute atomic E-state index is 11.9. The van der Waals surface area contributed by atoms with Crippen LogP contribution in [0.3, 0.4) is 0 Å². The van der Waals surface area contributed by atoms with E-state index in [1.807, 2.05) is 66.7 Å². The van der Waals surface area contributed by atoms with E-state index in [0.29, 0.717) is 5.75 Å². The van der Waals surface area contributed by atoms with Crippen LogP contribution in [0.2, 0.25) is 0 Å². The van der Waals surface area contributed by atoms with Gasteiger partial charge in [-0.2, -0.15) is 5.10 Å². The van der Waals surface area contributed by atoms with Crippen LogP contribution in [-0.2, 0) is 4.79 Å².